The molecule has 0 aromatic heterocycles. The van der Waals surface area contributed by atoms with Crippen LogP contribution >= 0.6 is 0 Å². The molecule has 3 nitrogen and oxygen atoms in total. The summed E-state index contributed by atoms with van der Waals surface area (Å²) in [5.74, 6) is 5.11. The van der Waals surface area contributed by atoms with E-state index in [1.807, 2.05) is 0 Å². The average Bonchev–Trinajstić information content (AvgIpc) is 3.24. The fourth-order valence-electron chi connectivity index (χ4n) is 8.64. The number of fused-ring (bicyclic) bond motifs is 9. The summed E-state index contributed by atoms with van der Waals surface area (Å²) in [5.41, 5.74) is 3.02. The lowest BCUT2D eigenvalue weighted by atomic mass is 9.49. The predicted octanol–water partition coefficient (Wildman–Crippen LogP) is 4.96. The highest BCUT2D eigenvalue weighted by Crippen LogP contribution is 2.73. The average molecular weight is 354 g/mol. The number of allylic oxidation sites excluding steroid dienone is 2. The Morgan fingerprint density at radius 1 is 1.19 bits per heavy atom. The van der Waals surface area contributed by atoms with Crippen molar-refractivity contribution in [3.8, 4) is 0 Å². The highest BCUT2D eigenvalue weighted by Gasteiger charge is 2.69. The van der Waals surface area contributed by atoms with Crippen molar-refractivity contribution in [1.29, 1.82) is 0 Å². The minimum absolute atomic E-state index is 0.0567. The monoisotopic (exact) mass is 353 g/mol. The Bertz CT molecular complexity index is 724. The van der Waals surface area contributed by atoms with Crippen LogP contribution < -0.4 is 0 Å². The topological polar surface area (TPSA) is 41.8 Å². The van der Waals surface area contributed by atoms with Crippen LogP contribution in [0.15, 0.2) is 29.0 Å². The lowest BCUT2D eigenvalue weighted by Gasteiger charge is -2.57. The van der Waals surface area contributed by atoms with Crippen molar-refractivity contribution < 1.29 is 9.94 Å². The van der Waals surface area contributed by atoms with Gasteiger partial charge in [-0.2, -0.15) is 0 Å². The van der Waals surface area contributed by atoms with Crippen molar-refractivity contribution in [2.24, 2.45) is 46.1 Å². The second-order valence-electron chi connectivity index (χ2n) is 9.92. The van der Waals surface area contributed by atoms with E-state index in [4.69, 9.17) is 4.74 Å². The minimum Gasteiger partial charge on any atom is -0.411 e. The zero-order chi connectivity index (χ0) is 17.5. The second kappa shape index (κ2) is 5.25. The van der Waals surface area contributed by atoms with Gasteiger partial charge in [0.2, 0.25) is 0 Å². The molecule has 140 valence electrons. The highest BCUT2D eigenvalue weighted by molar-refractivity contribution is 5.96. The fraction of sp³-hybridized carbons (Fsp3) is 0.783. The van der Waals surface area contributed by atoms with E-state index in [0.717, 1.165) is 54.2 Å². The molecule has 0 saturated heterocycles. The second-order valence-corrected chi connectivity index (χ2v) is 9.92. The van der Waals surface area contributed by atoms with Crippen LogP contribution in [-0.4, -0.2) is 23.1 Å². The molecule has 3 unspecified atom stereocenters. The molecule has 0 radical (unpaired) electrons. The summed E-state index contributed by atoms with van der Waals surface area (Å²) < 4.78 is 6.46. The Labute approximate surface area is 156 Å². The van der Waals surface area contributed by atoms with Crippen LogP contribution in [0.25, 0.3) is 0 Å². The van der Waals surface area contributed by atoms with Gasteiger partial charge < -0.3 is 9.94 Å². The maximum absolute atomic E-state index is 9.24. The van der Waals surface area contributed by atoms with Crippen molar-refractivity contribution in [1.82, 2.24) is 0 Å². The lowest BCUT2D eigenvalue weighted by Crippen LogP contribution is -2.54. The fourth-order valence-corrected chi connectivity index (χ4v) is 8.64. The summed E-state index contributed by atoms with van der Waals surface area (Å²) in [5, 5.41) is 12.8. The van der Waals surface area contributed by atoms with Crippen molar-refractivity contribution in [3.05, 3.63) is 23.8 Å². The summed E-state index contributed by atoms with van der Waals surface area (Å²) in [6.45, 7) is 3.26. The molecule has 5 aliphatic carbocycles. The molecule has 1 heterocycles. The van der Waals surface area contributed by atoms with Crippen molar-refractivity contribution in [2.75, 3.05) is 6.61 Å². The molecule has 0 bridgehead atoms. The van der Waals surface area contributed by atoms with Gasteiger partial charge in [-0.15, -0.1) is 0 Å². The molecule has 8 atom stereocenters. The third-order valence-corrected chi connectivity index (χ3v) is 9.60. The minimum atomic E-state index is 0.0567. The first-order valence-corrected chi connectivity index (χ1v) is 11.0. The van der Waals surface area contributed by atoms with Crippen LogP contribution in [0.4, 0.5) is 0 Å². The highest BCUT2D eigenvalue weighted by atomic mass is 16.5. The van der Waals surface area contributed by atoms with Gasteiger partial charge in [-0.25, -0.2) is 0 Å². The molecule has 6 rings (SSSR count). The van der Waals surface area contributed by atoms with Crippen LogP contribution in [0.5, 0.6) is 0 Å². The van der Waals surface area contributed by atoms with Crippen LogP contribution in [0.3, 0.4) is 0 Å². The first kappa shape index (κ1) is 15.9. The van der Waals surface area contributed by atoms with E-state index in [2.05, 4.69) is 30.3 Å². The number of nitrogens with zero attached hydrogens (tertiary/aromatic N) is 1. The van der Waals surface area contributed by atoms with Crippen molar-refractivity contribution in [2.45, 2.75) is 63.9 Å². The summed E-state index contributed by atoms with van der Waals surface area (Å²) in [6, 6.07) is 0. The first-order chi connectivity index (χ1) is 12.7. The Balaban J connectivity index is 1.39. The number of hydrogen-bond acceptors (Lipinski definition) is 3. The summed E-state index contributed by atoms with van der Waals surface area (Å²) >= 11 is 0. The maximum atomic E-state index is 9.24. The molecule has 1 aliphatic heterocycles. The van der Waals surface area contributed by atoms with Crippen LogP contribution in [0.1, 0.15) is 58.3 Å². The normalized spacial score (nSPS) is 55.3. The van der Waals surface area contributed by atoms with Gasteiger partial charge in [-0.05, 0) is 93.0 Å². The Morgan fingerprint density at radius 3 is 2.88 bits per heavy atom. The van der Waals surface area contributed by atoms with Crippen LogP contribution in [0, 0.1) is 40.9 Å². The van der Waals surface area contributed by atoms with E-state index >= 15 is 0 Å². The third-order valence-electron chi connectivity index (χ3n) is 9.60. The Kier molecular flexibility index (Phi) is 3.21. The molecular weight excluding hydrogens is 322 g/mol. The van der Waals surface area contributed by atoms with Crippen molar-refractivity contribution in [3.63, 3.8) is 0 Å². The molecule has 1 spiro atoms. The Hall–Kier alpha value is -1.09. The van der Waals surface area contributed by atoms with E-state index in [1.54, 1.807) is 5.57 Å². The zero-order valence-electron chi connectivity index (χ0n) is 15.9. The molecule has 0 aromatic rings. The van der Waals surface area contributed by atoms with Crippen molar-refractivity contribution >= 4 is 5.71 Å². The van der Waals surface area contributed by atoms with Crippen LogP contribution in [-0.2, 0) is 4.74 Å². The molecule has 4 saturated carbocycles. The quantitative estimate of drug-likeness (QED) is 0.411. The van der Waals surface area contributed by atoms with Gasteiger partial charge in [0, 0.05) is 5.41 Å². The van der Waals surface area contributed by atoms with E-state index in [0.29, 0.717) is 5.41 Å². The van der Waals surface area contributed by atoms with E-state index < -0.39 is 0 Å². The molecular formula is C23H31NO2. The number of ether oxygens (including phenoxy) is 1. The van der Waals surface area contributed by atoms with E-state index in [9.17, 15) is 5.21 Å². The Morgan fingerprint density at radius 2 is 2.12 bits per heavy atom. The lowest BCUT2D eigenvalue weighted by molar-refractivity contribution is -0.125. The molecule has 0 aromatic carbocycles. The molecule has 1 N–H and O–H groups in total. The van der Waals surface area contributed by atoms with Gasteiger partial charge >= 0.3 is 0 Å². The number of oxime groups is 1. The van der Waals surface area contributed by atoms with E-state index in [-0.39, 0.29) is 5.60 Å². The van der Waals surface area contributed by atoms with Gasteiger partial charge in [0.05, 0.1) is 17.9 Å². The first-order valence-electron chi connectivity index (χ1n) is 11.0. The van der Waals surface area contributed by atoms with Gasteiger partial charge in [0.15, 0.2) is 0 Å². The number of rotatable bonds is 1. The molecule has 0 amide bonds. The maximum Gasteiger partial charge on any atom is 0.0926 e. The SMILES string of the molecule is CC[C@]12CCC3C(C1CC[C@@]21C=CCO1)[C@H]1C[C@H]1C1=C/C(=N/O)CC[C@@H]13. The molecule has 4 fully saturated rings. The van der Waals surface area contributed by atoms with Gasteiger partial charge in [-0.3, -0.25) is 0 Å². The largest absolute Gasteiger partial charge is 0.411 e. The van der Waals surface area contributed by atoms with Gasteiger partial charge in [0.1, 0.15) is 0 Å². The third kappa shape index (κ3) is 1.77. The summed E-state index contributed by atoms with van der Waals surface area (Å²) in [7, 11) is 0. The molecule has 6 aliphatic rings. The summed E-state index contributed by atoms with van der Waals surface area (Å²) in [6.07, 6.45) is 17.2. The van der Waals surface area contributed by atoms with Crippen LogP contribution in [0.2, 0.25) is 0 Å². The standard InChI is InChI=1S/C23H31NO2/c1-2-22-9-6-16-15-5-4-14(24-25)12-17(15)18-13-19(18)21(16)20(22)7-10-23(22)8-3-11-26-23/h3,8,12,15-16,18-21,25H,2,4-7,9-11,13H2,1H3/b24-14+/t15-,16?,18+,19+,20?,21?,22+,23+/m1/s1. The summed E-state index contributed by atoms with van der Waals surface area (Å²) in [4.78, 5) is 0. The van der Waals surface area contributed by atoms with Gasteiger partial charge in [0.25, 0.3) is 0 Å². The number of hydrogen-bond donors (Lipinski definition) is 1. The van der Waals surface area contributed by atoms with E-state index in [1.165, 1.54) is 44.9 Å². The molecule has 3 heteroatoms. The van der Waals surface area contributed by atoms with Gasteiger partial charge in [-0.1, -0.05) is 29.8 Å². The smallest absolute Gasteiger partial charge is 0.0926 e. The molecule has 26 heavy (non-hydrogen) atoms. The predicted molar refractivity (Wildman–Crippen MR) is 101 cm³/mol. The zero-order valence-corrected chi connectivity index (χ0v) is 15.9.